The summed E-state index contributed by atoms with van der Waals surface area (Å²) in [6, 6.07) is 5.60. The summed E-state index contributed by atoms with van der Waals surface area (Å²) in [6.45, 7) is 4.79. The number of hydrogen-bond acceptors (Lipinski definition) is 6. The van der Waals surface area contributed by atoms with Crippen LogP contribution in [0.2, 0.25) is 0 Å². The van der Waals surface area contributed by atoms with Crippen molar-refractivity contribution in [1.82, 2.24) is 18.7 Å². The third-order valence-corrected chi connectivity index (χ3v) is 5.33. The number of anilines is 1. The number of aryl methyl sites for hydroxylation is 2. The Labute approximate surface area is 182 Å². The summed E-state index contributed by atoms with van der Waals surface area (Å²) in [7, 11) is 4.66. The fourth-order valence-electron chi connectivity index (χ4n) is 3.10. The van der Waals surface area contributed by atoms with Crippen LogP contribution >= 0.6 is 15.9 Å². The summed E-state index contributed by atoms with van der Waals surface area (Å²) < 4.78 is 10.5. The molecule has 0 spiro atoms. The topological polar surface area (TPSA) is 95.4 Å². The van der Waals surface area contributed by atoms with Gasteiger partial charge in [-0.3, -0.25) is 13.9 Å². The molecule has 30 heavy (non-hydrogen) atoms. The third kappa shape index (κ3) is 4.18. The molecule has 0 aliphatic carbocycles. The van der Waals surface area contributed by atoms with Crippen LogP contribution in [-0.2, 0) is 20.6 Å². The van der Waals surface area contributed by atoms with Crippen LogP contribution in [0.15, 0.2) is 37.4 Å². The lowest BCUT2D eigenvalue weighted by Gasteiger charge is -2.10. The SMILES string of the molecule is COc1ccc(Br)cc1/C=N\Nc1nc2c(c(=O)n(C)c(=O)n2C)n1CCC(C)C. The predicted octanol–water partition coefficient (Wildman–Crippen LogP) is 2.70. The van der Waals surface area contributed by atoms with Crippen molar-refractivity contribution in [1.29, 1.82) is 0 Å². The first-order valence-electron chi connectivity index (χ1n) is 9.53. The fraction of sp³-hybridized carbons (Fsp3) is 0.400. The van der Waals surface area contributed by atoms with Crippen LogP contribution in [0.3, 0.4) is 0 Å². The van der Waals surface area contributed by atoms with Crippen LogP contribution in [-0.4, -0.2) is 32.0 Å². The number of nitrogens with one attached hydrogen (secondary N) is 1. The third-order valence-electron chi connectivity index (χ3n) is 4.84. The normalized spacial score (nSPS) is 11.7. The molecule has 0 unspecified atom stereocenters. The molecule has 3 rings (SSSR count). The van der Waals surface area contributed by atoms with Crippen molar-refractivity contribution >= 4 is 39.3 Å². The van der Waals surface area contributed by atoms with Gasteiger partial charge < -0.3 is 9.30 Å². The Hall–Kier alpha value is -2.88. The number of hydrazone groups is 1. The highest BCUT2D eigenvalue weighted by Crippen LogP contribution is 2.22. The summed E-state index contributed by atoms with van der Waals surface area (Å²) in [5, 5.41) is 4.29. The Balaban J connectivity index is 2.07. The van der Waals surface area contributed by atoms with E-state index in [1.54, 1.807) is 24.9 Å². The van der Waals surface area contributed by atoms with Gasteiger partial charge in [0.15, 0.2) is 11.2 Å². The molecule has 0 saturated heterocycles. The number of aromatic nitrogens is 4. The molecule has 0 amide bonds. The number of hydrogen-bond donors (Lipinski definition) is 1. The standard InChI is InChI=1S/C20H25BrN6O3/c1-12(2)8-9-27-16-17(25(3)20(29)26(4)18(16)28)23-19(27)24-22-11-13-10-14(21)6-7-15(13)30-5/h6-7,10-12H,8-9H2,1-5H3,(H,23,24)/b22-11-. The van der Waals surface area contributed by atoms with E-state index in [1.807, 2.05) is 18.2 Å². The molecule has 3 aromatic rings. The van der Waals surface area contributed by atoms with E-state index in [-0.39, 0.29) is 5.56 Å². The Bertz CT molecular complexity index is 1220. The molecule has 0 bridgehead atoms. The number of halogens is 1. The minimum absolute atomic E-state index is 0.324. The zero-order chi connectivity index (χ0) is 22.0. The van der Waals surface area contributed by atoms with Gasteiger partial charge in [-0.25, -0.2) is 10.2 Å². The summed E-state index contributed by atoms with van der Waals surface area (Å²) in [5.74, 6) is 1.50. The van der Waals surface area contributed by atoms with Gasteiger partial charge in [-0.1, -0.05) is 29.8 Å². The number of nitrogens with zero attached hydrogens (tertiary/aromatic N) is 5. The number of fused-ring (bicyclic) bond motifs is 1. The van der Waals surface area contributed by atoms with E-state index in [0.717, 1.165) is 21.0 Å². The van der Waals surface area contributed by atoms with Gasteiger partial charge in [0.25, 0.3) is 5.56 Å². The average molecular weight is 477 g/mol. The number of imidazole rings is 1. The molecular formula is C20H25BrN6O3. The second-order valence-electron chi connectivity index (χ2n) is 7.40. The van der Waals surface area contributed by atoms with Crippen molar-refractivity contribution in [3.8, 4) is 5.75 Å². The van der Waals surface area contributed by atoms with Gasteiger partial charge in [-0.15, -0.1) is 0 Å². The molecule has 2 aromatic heterocycles. The van der Waals surface area contributed by atoms with Crippen molar-refractivity contribution in [2.75, 3.05) is 12.5 Å². The summed E-state index contributed by atoms with van der Waals surface area (Å²) in [6.07, 6.45) is 2.46. The quantitative estimate of drug-likeness (QED) is 0.417. The number of ether oxygens (including phenoxy) is 1. The molecule has 10 heteroatoms. The summed E-state index contributed by atoms with van der Waals surface area (Å²) >= 11 is 3.44. The first kappa shape index (κ1) is 21.8. The van der Waals surface area contributed by atoms with Crippen LogP contribution in [0.5, 0.6) is 5.75 Å². The Morgan fingerprint density at radius 1 is 1.27 bits per heavy atom. The molecule has 1 aromatic carbocycles. The van der Waals surface area contributed by atoms with Crippen molar-refractivity contribution in [3.63, 3.8) is 0 Å². The van der Waals surface area contributed by atoms with Crippen LogP contribution < -0.4 is 21.4 Å². The Morgan fingerprint density at radius 3 is 2.67 bits per heavy atom. The second kappa shape index (κ2) is 8.86. The van der Waals surface area contributed by atoms with Gasteiger partial charge >= 0.3 is 5.69 Å². The monoisotopic (exact) mass is 476 g/mol. The lowest BCUT2D eigenvalue weighted by atomic mass is 10.1. The zero-order valence-corrected chi connectivity index (χ0v) is 19.2. The molecule has 160 valence electrons. The highest BCUT2D eigenvalue weighted by Gasteiger charge is 2.19. The van der Waals surface area contributed by atoms with Gasteiger partial charge in [0.1, 0.15) is 5.75 Å². The number of rotatable bonds is 7. The van der Waals surface area contributed by atoms with Gasteiger partial charge in [0, 0.05) is 30.7 Å². The summed E-state index contributed by atoms with van der Waals surface area (Å²) in [4.78, 5) is 29.6. The van der Waals surface area contributed by atoms with E-state index in [2.05, 4.69) is 45.3 Å². The predicted molar refractivity (Wildman–Crippen MR) is 122 cm³/mol. The first-order chi connectivity index (χ1) is 14.2. The molecule has 0 atom stereocenters. The molecule has 0 saturated carbocycles. The molecule has 1 N–H and O–H groups in total. The minimum atomic E-state index is -0.421. The second-order valence-corrected chi connectivity index (χ2v) is 8.32. The van der Waals surface area contributed by atoms with Gasteiger partial charge in [-0.2, -0.15) is 10.1 Å². The van der Waals surface area contributed by atoms with Gasteiger partial charge in [0.05, 0.1) is 13.3 Å². The van der Waals surface area contributed by atoms with Crippen molar-refractivity contribution < 1.29 is 4.74 Å². The van der Waals surface area contributed by atoms with Crippen molar-refractivity contribution in [2.45, 2.75) is 26.8 Å². The van der Waals surface area contributed by atoms with Crippen LogP contribution in [0.4, 0.5) is 5.95 Å². The van der Waals surface area contributed by atoms with E-state index >= 15 is 0 Å². The molecule has 0 aliphatic heterocycles. The largest absolute Gasteiger partial charge is 0.496 e. The Morgan fingerprint density at radius 2 is 2.00 bits per heavy atom. The molecule has 0 radical (unpaired) electrons. The van der Waals surface area contributed by atoms with E-state index < -0.39 is 5.69 Å². The van der Waals surface area contributed by atoms with E-state index in [9.17, 15) is 9.59 Å². The zero-order valence-electron chi connectivity index (χ0n) is 17.6. The average Bonchev–Trinajstić information content (AvgIpc) is 3.08. The smallest absolute Gasteiger partial charge is 0.332 e. The minimum Gasteiger partial charge on any atom is -0.496 e. The first-order valence-corrected chi connectivity index (χ1v) is 10.3. The maximum Gasteiger partial charge on any atom is 0.332 e. The van der Waals surface area contributed by atoms with Gasteiger partial charge in [-0.05, 0) is 30.5 Å². The highest BCUT2D eigenvalue weighted by molar-refractivity contribution is 9.10. The van der Waals surface area contributed by atoms with Gasteiger partial charge in [0.2, 0.25) is 5.95 Å². The lowest BCUT2D eigenvalue weighted by molar-refractivity contribution is 0.414. The van der Waals surface area contributed by atoms with Crippen LogP contribution in [0.25, 0.3) is 11.2 Å². The van der Waals surface area contributed by atoms with E-state index in [0.29, 0.717) is 35.3 Å². The molecule has 2 heterocycles. The van der Waals surface area contributed by atoms with Crippen molar-refractivity contribution in [2.24, 2.45) is 25.1 Å². The fourth-order valence-corrected chi connectivity index (χ4v) is 3.48. The number of methoxy groups -OCH3 is 1. The summed E-state index contributed by atoms with van der Waals surface area (Å²) in [5.41, 5.74) is 3.59. The molecular weight excluding hydrogens is 452 g/mol. The Kier molecular flexibility index (Phi) is 6.45. The van der Waals surface area contributed by atoms with E-state index in [1.165, 1.54) is 11.6 Å². The molecule has 0 fully saturated rings. The lowest BCUT2D eigenvalue weighted by Crippen LogP contribution is -2.37. The van der Waals surface area contributed by atoms with Crippen molar-refractivity contribution in [3.05, 3.63) is 49.1 Å². The van der Waals surface area contributed by atoms with Crippen LogP contribution in [0, 0.1) is 5.92 Å². The highest BCUT2D eigenvalue weighted by atomic mass is 79.9. The molecule has 9 nitrogen and oxygen atoms in total. The number of benzene rings is 1. The van der Waals surface area contributed by atoms with Crippen LogP contribution in [0.1, 0.15) is 25.8 Å². The maximum absolute atomic E-state index is 12.8. The van der Waals surface area contributed by atoms with E-state index in [4.69, 9.17) is 4.74 Å². The molecule has 0 aliphatic rings. The maximum atomic E-state index is 12.8.